The lowest BCUT2D eigenvalue weighted by Gasteiger charge is -2.36. The smallest absolute Gasteiger partial charge is 0.287 e. The Balaban J connectivity index is 1.46. The van der Waals surface area contributed by atoms with Crippen LogP contribution in [0.1, 0.15) is 42.7 Å². The molecule has 2 amide bonds. The number of furan rings is 1. The Labute approximate surface area is 118 Å². The van der Waals surface area contributed by atoms with Crippen molar-refractivity contribution in [3.05, 3.63) is 24.2 Å². The van der Waals surface area contributed by atoms with Gasteiger partial charge in [-0.25, -0.2) is 0 Å². The number of hydrogen-bond acceptors (Lipinski definition) is 3. The summed E-state index contributed by atoms with van der Waals surface area (Å²) in [4.78, 5) is 25.9. The predicted octanol–water partition coefficient (Wildman–Crippen LogP) is 1.80. The molecule has 1 saturated heterocycles. The van der Waals surface area contributed by atoms with Gasteiger partial charge in [-0.05, 0) is 37.8 Å². The van der Waals surface area contributed by atoms with Crippen molar-refractivity contribution in [3.63, 3.8) is 0 Å². The van der Waals surface area contributed by atoms with Crippen molar-refractivity contribution < 1.29 is 14.0 Å². The number of carbonyl (C=O) groups excluding carboxylic acids is 2. The van der Waals surface area contributed by atoms with E-state index in [1.165, 1.54) is 12.7 Å². The fourth-order valence-corrected chi connectivity index (χ4v) is 2.82. The molecule has 5 nitrogen and oxygen atoms in total. The van der Waals surface area contributed by atoms with Gasteiger partial charge in [0.2, 0.25) is 5.91 Å². The molecule has 5 heteroatoms. The van der Waals surface area contributed by atoms with Crippen LogP contribution < -0.4 is 5.32 Å². The van der Waals surface area contributed by atoms with Gasteiger partial charge >= 0.3 is 0 Å². The summed E-state index contributed by atoms with van der Waals surface area (Å²) in [5.74, 6) is 0.757. The second-order valence-corrected chi connectivity index (χ2v) is 5.68. The Hall–Kier alpha value is -1.78. The van der Waals surface area contributed by atoms with Gasteiger partial charge in [0, 0.05) is 25.0 Å². The first-order chi connectivity index (χ1) is 9.74. The zero-order valence-corrected chi connectivity index (χ0v) is 11.5. The molecule has 2 heterocycles. The summed E-state index contributed by atoms with van der Waals surface area (Å²) in [5, 5.41) is 2.97. The molecule has 1 N–H and O–H groups in total. The van der Waals surface area contributed by atoms with Crippen LogP contribution in [0.3, 0.4) is 0 Å². The number of hydrogen-bond donors (Lipinski definition) is 1. The van der Waals surface area contributed by atoms with Crippen LogP contribution in [0.25, 0.3) is 0 Å². The standard InChI is InChI=1S/C15H20N2O3/c18-14(13-5-2-10-20-13)16-12-6-8-17(9-7-12)15(19)11-3-1-4-11/h2,5,10-12H,1,3-4,6-9H2,(H,16,18). The van der Waals surface area contributed by atoms with Crippen LogP contribution in [-0.4, -0.2) is 35.8 Å². The maximum Gasteiger partial charge on any atom is 0.287 e. The van der Waals surface area contributed by atoms with Crippen LogP contribution >= 0.6 is 0 Å². The summed E-state index contributed by atoms with van der Waals surface area (Å²) >= 11 is 0. The quantitative estimate of drug-likeness (QED) is 0.915. The van der Waals surface area contributed by atoms with Crippen molar-refractivity contribution >= 4 is 11.8 Å². The van der Waals surface area contributed by atoms with Crippen LogP contribution in [0, 0.1) is 5.92 Å². The van der Waals surface area contributed by atoms with Crippen LogP contribution in [0.4, 0.5) is 0 Å². The van der Waals surface area contributed by atoms with Gasteiger partial charge in [-0.1, -0.05) is 6.42 Å². The molecule has 1 saturated carbocycles. The highest BCUT2D eigenvalue weighted by atomic mass is 16.3. The van der Waals surface area contributed by atoms with Crippen LogP contribution in [0.5, 0.6) is 0 Å². The molecule has 2 aliphatic rings. The summed E-state index contributed by atoms with van der Waals surface area (Å²) in [7, 11) is 0. The second kappa shape index (κ2) is 5.69. The zero-order chi connectivity index (χ0) is 13.9. The molecule has 0 radical (unpaired) electrons. The highest BCUT2D eigenvalue weighted by Crippen LogP contribution is 2.29. The number of nitrogens with zero attached hydrogens (tertiary/aromatic N) is 1. The van der Waals surface area contributed by atoms with E-state index in [-0.39, 0.29) is 17.9 Å². The van der Waals surface area contributed by atoms with E-state index in [4.69, 9.17) is 4.42 Å². The van der Waals surface area contributed by atoms with Crippen molar-refractivity contribution in [2.45, 2.75) is 38.1 Å². The number of nitrogens with one attached hydrogen (secondary N) is 1. The first-order valence-corrected chi connectivity index (χ1v) is 7.37. The summed E-state index contributed by atoms with van der Waals surface area (Å²) in [6.07, 6.45) is 6.43. The van der Waals surface area contributed by atoms with E-state index >= 15 is 0 Å². The van der Waals surface area contributed by atoms with E-state index in [1.54, 1.807) is 12.1 Å². The summed E-state index contributed by atoms with van der Waals surface area (Å²) < 4.78 is 5.07. The molecule has 1 aliphatic carbocycles. The predicted molar refractivity (Wildman–Crippen MR) is 73.1 cm³/mol. The first kappa shape index (κ1) is 13.2. The molecule has 2 fully saturated rings. The average molecular weight is 276 g/mol. The van der Waals surface area contributed by atoms with Crippen molar-refractivity contribution in [2.75, 3.05) is 13.1 Å². The fraction of sp³-hybridized carbons (Fsp3) is 0.600. The molecular weight excluding hydrogens is 256 g/mol. The maximum atomic E-state index is 12.1. The normalized spacial score (nSPS) is 20.5. The van der Waals surface area contributed by atoms with Gasteiger partial charge < -0.3 is 14.6 Å². The SMILES string of the molecule is O=C(NC1CCN(C(=O)C2CCC2)CC1)c1ccco1. The summed E-state index contributed by atoms with van der Waals surface area (Å²) in [5.41, 5.74) is 0. The lowest BCUT2D eigenvalue weighted by Crippen LogP contribution is -2.48. The molecule has 1 aromatic heterocycles. The van der Waals surface area contributed by atoms with E-state index in [1.807, 2.05) is 4.90 Å². The van der Waals surface area contributed by atoms with Crippen molar-refractivity contribution in [1.82, 2.24) is 10.2 Å². The highest BCUT2D eigenvalue weighted by Gasteiger charge is 2.32. The number of piperidine rings is 1. The van der Waals surface area contributed by atoms with Crippen molar-refractivity contribution in [2.24, 2.45) is 5.92 Å². The van der Waals surface area contributed by atoms with Crippen LogP contribution in [0.2, 0.25) is 0 Å². The molecular formula is C15H20N2O3. The third kappa shape index (κ3) is 2.71. The molecule has 0 bridgehead atoms. The van der Waals surface area contributed by atoms with Gasteiger partial charge in [0.25, 0.3) is 5.91 Å². The molecule has 1 aliphatic heterocycles. The number of amides is 2. The maximum absolute atomic E-state index is 12.1. The third-order valence-electron chi connectivity index (χ3n) is 4.34. The minimum absolute atomic E-state index is 0.137. The Morgan fingerprint density at radius 2 is 1.95 bits per heavy atom. The van der Waals surface area contributed by atoms with Gasteiger partial charge in [-0.2, -0.15) is 0 Å². The molecule has 3 rings (SSSR count). The Bertz CT molecular complexity index is 471. The molecule has 0 spiro atoms. The summed E-state index contributed by atoms with van der Waals surface area (Å²) in [6.45, 7) is 1.50. The van der Waals surface area contributed by atoms with Gasteiger partial charge in [0.05, 0.1) is 6.26 Å². The monoisotopic (exact) mass is 276 g/mol. The minimum atomic E-state index is -0.168. The number of rotatable bonds is 3. The topological polar surface area (TPSA) is 62.6 Å². The van der Waals surface area contributed by atoms with E-state index in [0.717, 1.165) is 38.8 Å². The van der Waals surface area contributed by atoms with Crippen LogP contribution in [-0.2, 0) is 4.79 Å². The summed E-state index contributed by atoms with van der Waals surface area (Å²) in [6, 6.07) is 3.50. The average Bonchev–Trinajstić information content (AvgIpc) is 2.91. The third-order valence-corrected chi connectivity index (χ3v) is 4.34. The Morgan fingerprint density at radius 1 is 1.20 bits per heavy atom. The largest absolute Gasteiger partial charge is 0.459 e. The lowest BCUT2D eigenvalue weighted by molar-refractivity contribution is -0.139. The Kier molecular flexibility index (Phi) is 3.76. The molecule has 1 aromatic rings. The van der Waals surface area contributed by atoms with Gasteiger partial charge in [-0.15, -0.1) is 0 Å². The van der Waals surface area contributed by atoms with E-state index in [2.05, 4.69) is 5.32 Å². The fourth-order valence-electron chi connectivity index (χ4n) is 2.82. The van der Waals surface area contributed by atoms with Crippen molar-refractivity contribution in [1.29, 1.82) is 0 Å². The van der Waals surface area contributed by atoms with Crippen LogP contribution in [0.15, 0.2) is 22.8 Å². The molecule has 20 heavy (non-hydrogen) atoms. The Morgan fingerprint density at radius 3 is 2.50 bits per heavy atom. The van der Waals surface area contributed by atoms with Crippen molar-refractivity contribution in [3.8, 4) is 0 Å². The minimum Gasteiger partial charge on any atom is -0.459 e. The van der Waals surface area contributed by atoms with Gasteiger partial charge in [0.1, 0.15) is 0 Å². The van der Waals surface area contributed by atoms with E-state index < -0.39 is 0 Å². The number of likely N-dealkylation sites (tertiary alicyclic amines) is 1. The molecule has 0 unspecified atom stereocenters. The molecule has 0 atom stereocenters. The highest BCUT2D eigenvalue weighted by molar-refractivity contribution is 5.91. The second-order valence-electron chi connectivity index (χ2n) is 5.68. The molecule has 108 valence electrons. The lowest BCUT2D eigenvalue weighted by atomic mass is 9.84. The van der Waals surface area contributed by atoms with E-state index in [0.29, 0.717) is 11.7 Å². The molecule has 0 aromatic carbocycles. The number of carbonyl (C=O) groups is 2. The van der Waals surface area contributed by atoms with E-state index in [9.17, 15) is 9.59 Å². The van der Waals surface area contributed by atoms with Gasteiger partial charge in [0.15, 0.2) is 5.76 Å². The zero-order valence-electron chi connectivity index (χ0n) is 11.5. The van der Waals surface area contributed by atoms with Gasteiger partial charge in [-0.3, -0.25) is 9.59 Å². The first-order valence-electron chi connectivity index (χ1n) is 7.37.